The molecule has 0 radical (unpaired) electrons. The van der Waals surface area contributed by atoms with Crippen LogP contribution in [0.2, 0.25) is 5.02 Å². The number of rotatable bonds is 3. The number of carboxylic acid groups (broad SMARTS) is 1. The van der Waals surface area contributed by atoms with E-state index in [4.69, 9.17) is 16.7 Å². The van der Waals surface area contributed by atoms with E-state index in [1.54, 1.807) is 20.8 Å². The molecule has 1 atom stereocenters. The first-order valence-corrected chi connectivity index (χ1v) is 5.99. The predicted octanol–water partition coefficient (Wildman–Crippen LogP) is 2.71. The molecule has 0 aliphatic rings. The molecule has 0 bridgehead atoms. The lowest BCUT2D eigenvalue weighted by atomic mass is 9.86. The normalized spacial score (nSPS) is 12.9. The molecule has 0 aromatic heterocycles. The first-order valence-electron chi connectivity index (χ1n) is 5.61. The van der Waals surface area contributed by atoms with E-state index >= 15 is 0 Å². The highest BCUT2D eigenvalue weighted by molar-refractivity contribution is 6.30. The summed E-state index contributed by atoms with van der Waals surface area (Å²) in [7, 11) is 0. The molecule has 104 valence electrons. The van der Waals surface area contributed by atoms with E-state index in [1.807, 2.05) is 0 Å². The number of halogens is 2. The van der Waals surface area contributed by atoms with Crippen LogP contribution >= 0.6 is 11.6 Å². The van der Waals surface area contributed by atoms with E-state index in [-0.39, 0.29) is 10.6 Å². The Morgan fingerprint density at radius 1 is 1.37 bits per heavy atom. The minimum absolute atomic E-state index is 0.0254. The number of aliphatic carboxylic acids is 1. The maximum atomic E-state index is 13.2. The van der Waals surface area contributed by atoms with Crippen molar-refractivity contribution >= 4 is 23.5 Å². The molecule has 2 N–H and O–H groups in total. The van der Waals surface area contributed by atoms with Crippen LogP contribution in [0, 0.1) is 11.2 Å². The van der Waals surface area contributed by atoms with Gasteiger partial charge >= 0.3 is 5.97 Å². The summed E-state index contributed by atoms with van der Waals surface area (Å²) in [5, 5.41) is 11.4. The molecule has 0 fully saturated rings. The van der Waals surface area contributed by atoms with Gasteiger partial charge in [0.1, 0.15) is 11.9 Å². The second-order valence-electron chi connectivity index (χ2n) is 5.24. The van der Waals surface area contributed by atoms with Crippen LogP contribution in [0.15, 0.2) is 18.2 Å². The van der Waals surface area contributed by atoms with E-state index in [2.05, 4.69) is 5.32 Å². The summed E-state index contributed by atoms with van der Waals surface area (Å²) in [5.41, 5.74) is -0.635. The number of nitrogens with one attached hydrogen (secondary N) is 1. The number of amides is 1. The lowest BCUT2D eigenvalue weighted by molar-refractivity contribution is -0.142. The highest BCUT2D eigenvalue weighted by atomic mass is 35.5. The molecule has 0 unspecified atom stereocenters. The van der Waals surface area contributed by atoms with E-state index in [0.29, 0.717) is 0 Å². The van der Waals surface area contributed by atoms with Gasteiger partial charge in [0.2, 0.25) is 0 Å². The number of hydrogen-bond acceptors (Lipinski definition) is 2. The Balaban J connectivity index is 2.94. The molecule has 0 spiro atoms. The van der Waals surface area contributed by atoms with Crippen LogP contribution < -0.4 is 5.32 Å². The number of benzene rings is 1. The van der Waals surface area contributed by atoms with Gasteiger partial charge in [-0.2, -0.15) is 0 Å². The maximum Gasteiger partial charge on any atom is 0.326 e. The fourth-order valence-corrected chi connectivity index (χ4v) is 1.62. The Hall–Kier alpha value is -1.62. The first kappa shape index (κ1) is 15.4. The van der Waals surface area contributed by atoms with Gasteiger partial charge in [0, 0.05) is 5.56 Å². The van der Waals surface area contributed by atoms with Gasteiger partial charge in [-0.05, 0) is 23.6 Å². The van der Waals surface area contributed by atoms with Crippen molar-refractivity contribution in [2.75, 3.05) is 0 Å². The minimum atomic E-state index is -1.14. The van der Waals surface area contributed by atoms with Gasteiger partial charge in [-0.1, -0.05) is 32.4 Å². The van der Waals surface area contributed by atoms with Crippen molar-refractivity contribution in [1.82, 2.24) is 5.32 Å². The quantitative estimate of drug-likeness (QED) is 0.898. The monoisotopic (exact) mass is 287 g/mol. The Labute approximate surface area is 115 Å². The van der Waals surface area contributed by atoms with Crippen molar-refractivity contribution in [3.05, 3.63) is 34.6 Å². The first-order chi connectivity index (χ1) is 8.62. The summed E-state index contributed by atoms with van der Waals surface area (Å²) >= 11 is 5.51. The third-order valence-electron chi connectivity index (χ3n) is 2.57. The van der Waals surface area contributed by atoms with Gasteiger partial charge < -0.3 is 10.4 Å². The number of carboxylic acids is 1. The molecule has 1 aromatic rings. The molecule has 0 saturated heterocycles. The molecule has 1 rings (SSSR count). The number of carbonyl (C=O) groups is 2. The predicted molar refractivity (Wildman–Crippen MR) is 69.8 cm³/mol. The van der Waals surface area contributed by atoms with Gasteiger partial charge in [0.05, 0.1) is 5.02 Å². The van der Waals surface area contributed by atoms with Crippen molar-refractivity contribution in [2.24, 2.45) is 5.41 Å². The zero-order chi connectivity index (χ0) is 14.8. The van der Waals surface area contributed by atoms with Crippen molar-refractivity contribution < 1.29 is 19.1 Å². The molecule has 4 nitrogen and oxygen atoms in total. The molecule has 1 amide bonds. The van der Waals surface area contributed by atoms with Crippen LogP contribution in [-0.2, 0) is 4.79 Å². The third kappa shape index (κ3) is 3.92. The van der Waals surface area contributed by atoms with Crippen molar-refractivity contribution in [2.45, 2.75) is 26.8 Å². The molecule has 0 aliphatic carbocycles. The van der Waals surface area contributed by atoms with Crippen molar-refractivity contribution in [3.8, 4) is 0 Å². The topological polar surface area (TPSA) is 66.4 Å². The number of carbonyl (C=O) groups excluding carboxylic acids is 1. The molecule has 0 saturated carbocycles. The Kier molecular flexibility index (Phi) is 4.52. The average molecular weight is 288 g/mol. The van der Waals surface area contributed by atoms with E-state index < -0.39 is 29.2 Å². The van der Waals surface area contributed by atoms with Crippen LogP contribution in [0.3, 0.4) is 0 Å². The zero-order valence-corrected chi connectivity index (χ0v) is 11.6. The fraction of sp³-hybridized carbons (Fsp3) is 0.385. The molecule has 0 aliphatic heterocycles. The van der Waals surface area contributed by atoms with Crippen LogP contribution in [0.4, 0.5) is 4.39 Å². The smallest absolute Gasteiger partial charge is 0.326 e. The summed E-state index contributed by atoms with van der Waals surface area (Å²) in [4.78, 5) is 23.0. The summed E-state index contributed by atoms with van der Waals surface area (Å²) in [5.74, 6) is -2.52. The lowest BCUT2D eigenvalue weighted by Gasteiger charge is -2.27. The molecule has 1 aromatic carbocycles. The van der Waals surface area contributed by atoms with E-state index in [1.165, 1.54) is 12.1 Å². The Bertz CT molecular complexity index is 511. The zero-order valence-electron chi connectivity index (χ0n) is 10.8. The molecular weight excluding hydrogens is 273 g/mol. The second kappa shape index (κ2) is 5.57. The minimum Gasteiger partial charge on any atom is -0.480 e. The van der Waals surface area contributed by atoms with Crippen LogP contribution in [-0.4, -0.2) is 23.0 Å². The lowest BCUT2D eigenvalue weighted by Crippen LogP contribution is -2.49. The molecule has 0 heterocycles. The van der Waals surface area contributed by atoms with Gasteiger partial charge in [-0.15, -0.1) is 0 Å². The summed E-state index contributed by atoms with van der Waals surface area (Å²) in [6, 6.07) is 2.49. The highest BCUT2D eigenvalue weighted by Gasteiger charge is 2.32. The molecular formula is C13H15ClFNO3. The Morgan fingerprint density at radius 2 is 1.95 bits per heavy atom. The SMILES string of the molecule is CC(C)(C)[C@H](NC(=O)c1ccc(Cl)c(F)c1)C(=O)O. The van der Waals surface area contributed by atoms with Gasteiger partial charge in [-0.3, -0.25) is 4.79 Å². The summed E-state index contributed by atoms with van der Waals surface area (Å²) in [6.07, 6.45) is 0. The standard InChI is InChI=1S/C13H15ClFNO3/c1-13(2,3)10(12(18)19)16-11(17)7-4-5-8(14)9(15)6-7/h4-6,10H,1-3H3,(H,16,17)(H,18,19)/t10-/m1/s1. The van der Waals surface area contributed by atoms with Crippen molar-refractivity contribution in [1.29, 1.82) is 0 Å². The highest BCUT2D eigenvalue weighted by Crippen LogP contribution is 2.21. The van der Waals surface area contributed by atoms with Gasteiger partial charge in [0.25, 0.3) is 5.91 Å². The van der Waals surface area contributed by atoms with E-state index in [9.17, 15) is 14.0 Å². The summed E-state index contributed by atoms with van der Waals surface area (Å²) in [6.45, 7) is 5.07. The van der Waals surface area contributed by atoms with Crippen LogP contribution in [0.5, 0.6) is 0 Å². The maximum absolute atomic E-state index is 13.2. The third-order valence-corrected chi connectivity index (χ3v) is 2.88. The van der Waals surface area contributed by atoms with Crippen LogP contribution in [0.1, 0.15) is 31.1 Å². The average Bonchev–Trinajstić information content (AvgIpc) is 2.27. The summed E-state index contributed by atoms with van der Waals surface area (Å²) < 4.78 is 13.2. The van der Waals surface area contributed by atoms with Gasteiger partial charge in [-0.25, -0.2) is 9.18 Å². The van der Waals surface area contributed by atoms with Gasteiger partial charge in [0.15, 0.2) is 0 Å². The fourth-order valence-electron chi connectivity index (χ4n) is 1.50. The Morgan fingerprint density at radius 3 is 2.37 bits per heavy atom. The number of hydrogen-bond donors (Lipinski definition) is 2. The van der Waals surface area contributed by atoms with Crippen LogP contribution in [0.25, 0.3) is 0 Å². The molecule has 19 heavy (non-hydrogen) atoms. The van der Waals surface area contributed by atoms with Crippen molar-refractivity contribution in [3.63, 3.8) is 0 Å². The molecule has 6 heteroatoms. The van der Waals surface area contributed by atoms with E-state index in [0.717, 1.165) is 6.07 Å². The second-order valence-corrected chi connectivity index (χ2v) is 5.65. The largest absolute Gasteiger partial charge is 0.480 e.